The summed E-state index contributed by atoms with van der Waals surface area (Å²) in [7, 11) is 1.73. The van der Waals surface area contributed by atoms with Crippen molar-refractivity contribution in [3.8, 4) is 0 Å². The molecule has 2 saturated carbocycles. The molecule has 0 aromatic carbocycles. The topological polar surface area (TPSA) is 92.9 Å². The molecule has 0 aliphatic heterocycles. The normalized spacial score (nSPS) is 22.3. The van der Waals surface area contributed by atoms with E-state index in [1.807, 2.05) is 4.68 Å². The number of tetrazole rings is 1. The first kappa shape index (κ1) is 14.8. The Kier molecular flexibility index (Phi) is 4.17. The number of aromatic nitrogens is 4. The monoisotopic (exact) mass is 311 g/mol. The van der Waals surface area contributed by atoms with Crippen molar-refractivity contribution in [1.29, 1.82) is 0 Å². The molecule has 116 valence electrons. The zero-order valence-electron chi connectivity index (χ0n) is 12.2. The third-order valence-corrected chi connectivity index (χ3v) is 5.79. The van der Waals surface area contributed by atoms with Crippen LogP contribution in [-0.2, 0) is 4.79 Å². The Hall–Kier alpha value is -1.15. The minimum atomic E-state index is -0.864. The van der Waals surface area contributed by atoms with E-state index in [1.54, 1.807) is 7.05 Å². The van der Waals surface area contributed by atoms with E-state index < -0.39 is 11.5 Å². The number of likely N-dealkylation sites (N-methyl/N-ethyl adjacent to an activating group) is 1. The summed E-state index contributed by atoms with van der Waals surface area (Å²) in [6.07, 6.45) is 6.59. The van der Waals surface area contributed by atoms with E-state index in [4.69, 9.17) is 0 Å². The van der Waals surface area contributed by atoms with Gasteiger partial charge < -0.3 is 10.4 Å². The van der Waals surface area contributed by atoms with Crippen LogP contribution in [-0.4, -0.2) is 49.6 Å². The molecule has 2 N–H and O–H groups in total. The average molecular weight is 311 g/mol. The zero-order valence-corrected chi connectivity index (χ0v) is 13.0. The van der Waals surface area contributed by atoms with Crippen LogP contribution in [0.25, 0.3) is 0 Å². The summed E-state index contributed by atoms with van der Waals surface area (Å²) in [4.78, 5) is 11.7. The van der Waals surface area contributed by atoms with Crippen molar-refractivity contribution in [3.63, 3.8) is 0 Å². The Morgan fingerprint density at radius 2 is 2.14 bits per heavy atom. The predicted octanol–water partition coefficient (Wildman–Crippen LogP) is 1.33. The summed E-state index contributed by atoms with van der Waals surface area (Å²) in [5.74, 6) is -0.112. The van der Waals surface area contributed by atoms with Crippen LogP contribution in [0.5, 0.6) is 0 Å². The molecule has 1 atom stereocenters. The highest BCUT2D eigenvalue weighted by molar-refractivity contribution is 7.99. The molecule has 0 spiro atoms. The molecule has 2 fully saturated rings. The molecule has 2 aliphatic carbocycles. The molecule has 8 heteroatoms. The summed E-state index contributed by atoms with van der Waals surface area (Å²) >= 11 is 1.45. The van der Waals surface area contributed by atoms with E-state index in [9.17, 15) is 9.90 Å². The van der Waals surface area contributed by atoms with Crippen LogP contribution >= 0.6 is 11.8 Å². The van der Waals surface area contributed by atoms with Crippen LogP contribution in [0.2, 0.25) is 0 Å². The molecular weight excluding hydrogens is 290 g/mol. The smallest absolute Gasteiger partial charge is 0.325 e. The van der Waals surface area contributed by atoms with Crippen molar-refractivity contribution < 1.29 is 9.90 Å². The van der Waals surface area contributed by atoms with Crippen LogP contribution in [0.4, 0.5) is 0 Å². The number of nitrogens with zero attached hydrogens (tertiary/aromatic N) is 4. The first-order valence-electron chi connectivity index (χ1n) is 7.50. The number of hydrogen-bond donors (Lipinski definition) is 2. The molecule has 0 radical (unpaired) electrons. The Bertz CT molecular complexity index is 512. The van der Waals surface area contributed by atoms with Crippen molar-refractivity contribution in [2.24, 2.45) is 5.92 Å². The number of carbonyl (C=O) groups is 1. The summed E-state index contributed by atoms with van der Waals surface area (Å²) in [5.41, 5.74) is -0.864. The Morgan fingerprint density at radius 3 is 2.71 bits per heavy atom. The Labute approximate surface area is 127 Å². The molecule has 1 aromatic heterocycles. The SMILES string of the molecule is CNC(CSc1nnnn1C1CCCC1)(C(=O)O)C1CC1. The molecule has 1 unspecified atom stereocenters. The fourth-order valence-electron chi connectivity index (χ4n) is 3.15. The number of rotatable bonds is 7. The van der Waals surface area contributed by atoms with Gasteiger partial charge in [-0.15, -0.1) is 5.10 Å². The van der Waals surface area contributed by atoms with Crippen LogP contribution in [0, 0.1) is 5.92 Å². The number of nitrogens with one attached hydrogen (secondary N) is 1. The summed E-state index contributed by atoms with van der Waals surface area (Å²) in [6.45, 7) is 0. The van der Waals surface area contributed by atoms with Gasteiger partial charge in [0.2, 0.25) is 5.16 Å². The third-order valence-electron chi connectivity index (χ3n) is 4.66. The molecule has 2 aliphatic rings. The second kappa shape index (κ2) is 5.92. The highest BCUT2D eigenvalue weighted by Crippen LogP contribution is 2.42. The van der Waals surface area contributed by atoms with Gasteiger partial charge in [-0.3, -0.25) is 4.79 Å². The lowest BCUT2D eigenvalue weighted by Gasteiger charge is -2.28. The van der Waals surface area contributed by atoms with Gasteiger partial charge in [0.15, 0.2) is 0 Å². The maximum atomic E-state index is 11.7. The van der Waals surface area contributed by atoms with E-state index in [0.29, 0.717) is 11.8 Å². The van der Waals surface area contributed by atoms with E-state index in [-0.39, 0.29) is 5.92 Å². The zero-order chi connectivity index (χ0) is 14.9. The largest absolute Gasteiger partial charge is 0.480 e. The fraction of sp³-hybridized carbons (Fsp3) is 0.846. The maximum Gasteiger partial charge on any atom is 0.325 e. The standard InChI is InChI=1S/C13H21N5O2S/c1-14-13(11(19)20,9-6-7-9)8-21-12-15-16-17-18(12)10-4-2-3-5-10/h9-10,14H,2-8H2,1H3,(H,19,20). The molecule has 0 saturated heterocycles. The van der Waals surface area contributed by atoms with Crippen LogP contribution in [0.15, 0.2) is 5.16 Å². The van der Waals surface area contributed by atoms with Crippen LogP contribution < -0.4 is 5.32 Å². The minimum absolute atomic E-state index is 0.211. The fourth-order valence-corrected chi connectivity index (χ4v) is 4.42. The summed E-state index contributed by atoms with van der Waals surface area (Å²) in [6, 6.07) is 0.372. The molecule has 0 amide bonds. The maximum absolute atomic E-state index is 11.7. The number of carboxylic acids is 1. The molecule has 21 heavy (non-hydrogen) atoms. The van der Waals surface area contributed by atoms with Crippen molar-refractivity contribution >= 4 is 17.7 Å². The summed E-state index contributed by atoms with van der Waals surface area (Å²) in [5, 5.41) is 25.3. The van der Waals surface area contributed by atoms with E-state index in [1.165, 1.54) is 24.6 Å². The lowest BCUT2D eigenvalue weighted by atomic mass is 9.96. The lowest BCUT2D eigenvalue weighted by molar-refractivity contribution is -0.144. The Balaban J connectivity index is 1.72. The second-order valence-corrected chi connectivity index (χ2v) is 6.88. The van der Waals surface area contributed by atoms with Gasteiger partial charge >= 0.3 is 5.97 Å². The van der Waals surface area contributed by atoms with Gasteiger partial charge in [0, 0.05) is 5.75 Å². The van der Waals surface area contributed by atoms with Gasteiger partial charge in [0.25, 0.3) is 0 Å². The van der Waals surface area contributed by atoms with Crippen molar-refractivity contribution in [2.45, 2.75) is 55.3 Å². The van der Waals surface area contributed by atoms with Crippen LogP contribution in [0.3, 0.4) is 0 Å². The molecule has 7 nitrogen and oxygen atoms in total. The van der Waals surface area contributed by atoms with Gasteiger partial charge in [-0.25, -0.2) is 4.68 Å². The molecule has 1 heterocycles. The van der Waals surface area contributed by atoms with Crippen LogP contribution in [0.1, 0.15) is 44.6 Å². The van der Waals surface area contributed by atoms with E-state index >= 15 is 0 Å². The van der Waals surface area contributed by atoms with E-state index in [2.05, 4.69) is 20.8 Å². The van der Waals surface area contributed by atoms with Gasteiger partial charge in [-0.1, -0.05) is 24.6 Å². The second-order valence-electron chi connectivity index (χ2n) is 5.93. The van der Waals surface area contributed by atoms with Gasteiger partial charge in [-0.05, 0) is 49.1 Å². The summed E-state index contributed by atoms with van der Waals surface area (Å²) < 4.78 is 1.88. The number of aliphatic carboxylic acids is 1. The lowest BCUT2D eigenvalue weighted by Crippen LogP contribution is -2.54. The van der Waals surface area contributed by atoms with Gasteiger partial charge in [-0.2, -0.15) is 0 Å². The Morgan fingerprint density at radius 1 is 1.43 bits per heavy atom. The van der Waals surface area contributed by atoms with E-state index in [0.717, 1.165) is 30.8 Å². The first-order valence-corrected chi connectivity index (χ1v) is 8.49. The quantitative estimate of drug-likeness (QED) is 0.734. The highest BCUT2D eigenvalue weighted by Gasteiger charge is 2.50. The third kappa shape index (κ3) is 2.78. The number of hydrogen-bond acceptors (Lipinski definition) is 6. The molecule has 0 bridgehead atoms. The molecule has 1 aromatic rings. The van der Waals surface area contributed by atoms with Gasteiger partial charge in [0.05, 0.1) is 6.04 Å². The first-order chi connectivity index (χ1) is 10.2. The highest BCUT2D eigenvalue weighted by atomic mass is 32.2. The van der Waals surface area contributed by atoms with Crippen molar-refractivity contribution in [3.05, 3.63) is 0 Å². The number of carboxylic acid groups (broad SMARTS) is 1. The minimum Gasteiger partial charge on any atom is -0.480 e. The molecule has 3 rings (SSSR count). The van der Waals surface area contributed by atoms with Crippen molar-refractivity contribution in [2.75, 3.05) is 12.8 Å². The molecular formula is C13H21N5O2S. The van der Waals surface area contributed by atoms with Crippen molar-refractivity contribution in [1.82, 2.24) is 25.5 Å². The van der Waals surface area contributed by atoms with Gasteiger partial charge in [0.1, 0.15) is 5.54 Å². The predicted molar refractivity (Wildman–Crippen MR) is 78.2 cm³/mol. The average Bonchev–Trinajstić information content (AvgIpc) is 3.01. The number of thioether (sulfide) groups is 1.